The second-order valence-electron chi connectivity index (χ2n) is 9.60. The van der Waals surface area contributed by atoms with E-state index in [4.69, 9.17) is 0 Å². The highest BCUT2D eigenvalue weighted by molar-refractivity contribution is 5.95. The van der Waals surface area contributed by atoms with Gasteiger partial charge in [-0.1, -0.05) is 63.1 Å². The van der Waals surface area contributed by atoms with Gasteiger partial charge in [0.2, 0.25) is 0 Å². The molecule has 1 N–H and O–H groups in total. The fourth-order valence-electron chi connectivity index (χ4n) is 4.50. The van der Waals surface area contributed by atoms with E-state index >= 15 is 0 Å². The van der Waals surface area contributed by atoms with Crippen molar-refractivity contribution in [1.29, 1.82) is 0 Å². The molecule has 3 aromatic rings. The van der Waals surface area contributed by atoms with Crippen molar-refractivity contribution in [1.82, 2.24) is 10.3 Å². The molecule has 1 amide bonds. The monoisotopic (exact) mass is 526 g/mol. The Balaban J connectivity index is 1.77. The van der Waals surface area contributed by atoms with Gasteiger partial charge >= 0.3 is 6.18 Å². The summed E-state index contributed by atoms with van der Waals surface area (Å²) >= 11 is 0. The number of benzene rings is 2. The molecule has 0 aliphatic heterocycles. The molecule has 3 nitrogen and oxygen atoms in total. The molecule has 2 aromatic carbocycles. The Morgan fingerprint density at radius 2 is 1.74 bits per heavy atom. The molecule has 7 heteroatoms. The Labute approximate surface area is 222 Å². The quantitative estimate of drug-likeness (QED) is 0.272. The van der Waals surface area contributed by atoms with Crippen LogP contribution in [0.4, 0.5) is 17.6 Å². The van der Waals surface area contributed by atoms with Crippen LogP contribution in [0.1, 0.15) is 82.0 Å². The molecule has 0 fully saturated rings. The summed E-state index contributed by atoms with van der Waals surface area (Å²) in [6, 6.07) is 11.4. The van der Waals surface area contributed by atoms with Crippen LogP contribution in [-0.4, -0.2) is 17.1 Å². The van der Waals surface area contributed by atoms with Crippen LogP contribution in [-0.2, 0) is 19.4 Å². The third kappa shape index (κ3) is 7.53. The van der Waals surface area contributed by atoms with Crippen LogP contribution in [0.25, 0.3) is 6.08 Å². The van der Waals surface area contributed by atoms with Crippen LogP contribution in [0.3, 0.4) is 0 Å². The van der Waals surface area contributed by atoms with Gasteiger partial charge in [0.25, 0.3) is 5.91 Å². The molecule has 0 aliphatic rings. The fraction of sp³-hybridized carbons (Fsp3) is 0.355. The van der Waals surface area contributed by atoms with Crippen molar-refractivity contribution >= 4 is 12.0 Å². The van der Waals surface area contributed by atoms with E-state index in [0.29, 0.717) is 35.1 Å². The minimum Gasteiger partial charge on any atom is -0.346 e. The summed E-state index contributed by atoms with van der Waals surface area (Å²) in [6.07, 6.45) is 2.63. The molecule has 1 atom stereocenters. The van der Waals surface area contributed by atoms with E-state index in [9.17, 15) is 22.4 Å². The Morgan fingerprint density at radius 3 is 2.39 bits per heavy atom. The number of halogens is 4. The molecule has 1 aromatic heterocycles. The first kappa shape index (κ1) is 29.1. The van der Waals surface area contributed by atoms with Gasteiger partial charge in [0, 0.05) is 11.8 Å². The number of nitrogens with one attached hydrogen (secondary N) is 1. The van der Waals surface area contributed by atoms with Gasteiger partial charge in [-0.15, -0.1) is 0 Å². The topological polar surface area (TPSA) is 42.0 Å². The van der Waals surface area contributed by atoms with Crippen molar-refractivity contribution in [2.45, 2.75) is 72.0 Å². The van der Waals surface area contributed by atoms with Crippen LogP contribution in [0, 0.1) is 19.7 Å². The Bertz CT molecular complexity index is 1300. The number of carbonyl (C=O) groups is 1. The first-order valence-electron chi connectivity index (χ1n) is 12.9. The van der Waals surface area contributed by atoms with Gasteiger partial charge in [-0.25, -0.2) is 4.39 Å². The maximum atomic E-state index is 14.4. The van der Waals surface area contributed by atoms with Gasteiger partial charge < -0.3 is 5.32 Å². The number of aryl methyl sites for hydroxylation is 4. The number of hydrogen-bond donors (Lipinski definition) is 1. The van der Waals surface area contributed by atoms with Crippen molar-refractivity contribution in [3.05, 3.63) is 105 Å². The molecular weight excluding hydrogens is 492 g/mol. The normalized spacial score (nSPS) is 12.6. The van der Waals surface area contributed by atoms with E-state index < -0.39 is 17.9 Å². The first-order chi connectivity index (χ1) is 18.0. The fourth-order valence-corrected chi connectivity index (χ4v) is 4.50. The molecule has 1 unspecified atom stereocenters. The van der Waals surface area contributed by atoms with Crippen LogP contribution in [0.15, 0.2) is 54.7 Å². The van der Waals surface area contributed by atoms with Gasteiger partial charge in [0.1, 0.15) is 5.82 Å². The predicted molar refractivity (Wildman–Crippen MR) is 144 cm³/mol. The average molecular weight is 527 g/mol. The SMILES string of the molecule is CCCc1ccnc(CNC(=O)c2ccc(/C=C/C(c3cc(C)c(F)c(CCC)c3)C(F)(F)F)cc2C)c1. The largest absolute Gasteiger partial charge is 0.399 e. The minimum absolute atomic E-state index is 0.0143. The second kappa shape index (κ2) is 12.9. The lowest BCUT2D eigenvalue weighted by molar-refractivity contribution is -0.139. The lowest BCUT2D eigenvalue weighted by atomic mass is 9.92. The van der Waals surface area contributed by atoms with E-state index in [0.717, 1.165) is 30.2 Å². The number of pyridine rings is 1. The maximum Gasteiger partial charge on any atom is 0.399 e. The van der Waals surface area contributed by atoms with Crippen molar-refractivity contribution < 1.29 is 22.4 Å². The Hall–Kier alpha value is -3.48. The van der Waals surface area contributed by atoms with E-state index in [-0.39, 0.29) is 23.6 Å². The zero-order chi connectivity index (χ0) is 27.9. The van der Waals surface area contributed by atoms with Gasteiger partial charge in [-0.05, 0) is 78.3 Å². The molecular formula is C31H34F4N2O. The van der Waals surface area contributed by atoms with Gasteiger partial charge in [-0.3, -0.25) is 9.78 Å². The highest BCUT2D eigenvalue weighted by atomic mass is 19.4. The third-order valence-electron chi connectivity index (χ3n) is 6.41. The number of hydrogen-bond acceptors (Lipinski definition) is 2. The van der Waals surface area contributed by atoms with Crippen LogP contribution in [0.5, 0.6) is 0 Å². The average Bonchev–Trinajstić information content (AvgIpc) is 2.85. The Morgan fingerprint density at radius 1 is 1.00 bits per heavy atom. The molecule has 0 radical (unpaired) electrons. The second-order valence-corrected chi connectivity index (χ2v) is 9.60. The molecule has 3 rings (SSSR count). The zero-order valence-corrected chi connectivity index (χ0v) is 22.3. The highest BCUT2D eigenvalue weighted by Crippen LogP contribution is 2.38. The number of rotatable bonds is 10. The number of alkyl halides is 3. The highest BCUT2D eigenvalue weighted by Gasteiger charge is 2.39. The van der Waals surface area contributed by atoms with Crippen molar-refractivity contribution in [2.24, 2.45) is 0 Å². The molecule has 0 saturated carbocycles. The summed E-state index contributed by atoms with van der Waals surface area (Å²) in [4.78, 5) is 17.1. The van der Waals surface area contributed by atoms with Crippen molar-refractivity contribution in [3.8, 4) is 0 Å². The van der Waals surface area contributed by atoms with Crippen LogP contribution >= 0.6 is 0 Å². The number of allylic oxidation sites excluding steroid dienone is 1. The van der Waals surface area contributed by atoms with Gasteiger partial charge in [-0.2, -0.15) is 13.2 Å². The number of carbonyl (C=O) groups excluding carboxylic acids is 1. The van der Waals surface area contributed by atoms with Crippen molar-refractivity contribution in [3.63, 3.8) is 0 Å². The van der Waals surface area contributed by atoms with Gasteiger partial charge in [0.15, 0.2) is 0 Å². The zero-order valence-electron chi connectivity index (χ0n) is 22.3. The maximum absolute atomic E-state index is 14.4. The van der Waals surface area contributed by atoms with E-state index in [2.05, 4.69) is 17.2 Å². The Kier molecular flexibility index (Phi) is 9.84. The summed E-state index contributed by atoms with van der Waals surface area (Å²) in [5, 5.41) is 2.86. The van der Waals surface area contributed by atoms with Crippen molar-refractivity contribution in [2.75, 3.05) is 0 Å². The number of amides is 1. The summed E-state index contributed by atoms with van der Waals surface area (Å²) in [5.74, 6) is -2.61. The van der Waals surface area contributed by atoms with Gasteiger partial charge in [0.05, 0.1) is 18.2 Å². The molecule has 0 saturated heterocycles. The predicted octanol–water partition coefficient (Wildman–Crippen LogP) is 8.03. The summed E-state index contributed by atoms with van der Waals surface area (Å²) in [7, 11) is 0. The summed E-state index contributed by atoms with van der Waals surface area (Å²) < 4.78 is 56.4. The lowest BCUT2D eigenvalue weighted by Crippen LogP contribution is -2.24. The molecule has 0 bridgehead atoms. The van der Waals surface area contributed by atoms with E-state index in [1.165, 1.54) is 25.1 Å². The molecule has 0 aliphatic carbocycles. The standard InChI is InChI=1S/C31H34F4N2O/c1-5-7-22-13-14-36-26(17-22)19-37-30(38)27-11-9-23(15-20(27)3)10-12-28(31(33,34)35)25-16-21(4)29(32)24(18-25)8-6-2/h9-18,28H,5-8,19H2,1-4H3,(H,37,38)/b12-10+. The van der Waals surface area contributed by atoms with Crippen LogP contribution < -0.4 is 5.32 Å². The third-order valence-corrected chi connectivity index (χ3v) is 6.41. The molecule has 0 spiro atoms. The van der Waals surface area contributed by atoms with Crippen LogP contribution in [0.2, 0.25) is 0 Å². The summed E-state index contributed by atoms with van der Waals surface area (Å²) in [5.41, 5.74) is 4.05. The molecule has 202 valence electrons. The van der Waals surface area contributed by atoms with E-state index in [1.54, 1.807) is 31.3 Å². The molecule has 38 heavy (non-hydrogen) atoms. The number of nitrogens with zero attached hydrogens (tertiary/aromatic N) is 1. The smallest absolute Gasteiger partial charge is 0.346 e. The minimum atomic E-state index is -4.54. The first-order valence-corrected chi connectivity index (χ1v) is 12.9. The number of aromatic nitrogens is 1. The molecule has 1 heterocycles. The van der Waals surface area contributed by atoms with E-state index in [1.807, 2.05) is 19.1 Å². The summed E-state index contributed by atoms with van der Waals surface area (Å²) in [6.45, 7) is 7.46. The lowest BCUT2D eigenvalue weighted by Gasteiger charge is -2.19.